The van der Waals surface area contributed by atoms with Gasteiger partial charge in [0.1, 0.15) is 11.0 Å². The molecule has 0 amide bonds. The van der Waals surface area contributed by atoms with E-state index in [0.29, 0.717) is 11.1 Å². The summed E-state index contributed by atoms with van der Waals surface area (Å²) in [7, 11) is 1.89. The third-order valence-corrected chi connectivity index (χ3v) is 2.93. The van der Waals surface area contributed by atoms with Crippen LogP contribution in [0.2, 0.25) is 5.15 Å². The zero-order chi connectivity index (χ0) is 11.1. The number of rotatable bonds is 2. The van der Waals surface area contributed by atoms with Gasteiger partial charge >= 0.3 is 0 Å². The first-order valence-electron chi connectivity index (χ1n) is 5.27. The van der Waals surface area contributed by atoms with E-state index in [2.05, 4.69) is 15.1 Å². The van der Waals surface area contributed by atoms with Crippen molar-refractivity contribution < 1.29 is 0 Å². The number of nitrogens with zero attached hydrogens (tertiary/aromatic N) is 4. The molecule has 16 heavy (non-hydrogen) atoms. The SMILES string of the molecule is Cn1nccc1-c1cc(Cl)nc(C2CC2)n1. The number of hydrogen-bond acceptors (Lipinski definition) is 3. The minimum absolute atomic E-state index is 0.505. The zero-order valence-corrected chi connectivity index (χ0v) is 9.65. The van der Waals surface area contributed by atoms with Crippen molar-refractivity contribution in [3.8, 4) is 11.4 Å². The largest absolute Gasteiger partial charge is 0.266 e. The van der Waals surface area contributed by atoms with E-state index in [4.69, 9.17) is 11.6 Å². The van der Waals surface area contributed by atoms with E-state index in [1.54, 1.807) is 16.9 Å². The normalized spacial score (nSPS) is 15.4. The van der Waals surface area contributed by atoms with Crippen LogP contribution in [0.1, 0.15) is 24.6 Å². The smallest absolute Gasteiger partial charge is 0.133 e. The third-order valence-electron chi connectivity index (χ3n) is 2.74. The van der Waals surface area contributed by atoms with E-state index in [-0.39, 0.29) is 0 Å². The molecule has 0 aliphatic heterocycles. The predicted octanol–water partition coefficient (Wildman–Crippen LogP) is 2.41. The molecule has 0 spiro atoms. The van der Waals surface area contributed by atoms with Crippen molar-refractivity contribution in [1.82, 2.24) is 19.7 Å². The van der Waals surface area contributed by atoms with Gasteiger partial charge in [0.15, 0.2) is 0 Å². The van der Waals surface area contributed by atoms with Gasteiger partial charge in [0, 0.05) is 25.2 Å². The quantitative estimate of drug-likeness (QED) is 0.750. The van der Waals surface area contributed by atoms with Gasteiger partial charge in [-0.1, -0.05) is 11.6 Å². The average molecular weight is 235 g/mol. The van der Waals surface area contributed by atoms with Gasteiger partial charge in [0.25, 0.3) is 0 Å². The Morgan fingerprint density at radius 1 is 1.38 bits per heavy atom. The van der Waals surface area contributed by atoms with Crippen molar-refractivity contribution >= 4 is 11.6 Å². The Morgan fingerprint density at radius 3 is 2.81 bits per heavy atom. The molecule has 2 aromatic rings. The zero-order valence-electron chi connectivity index (χ0n) is 8.89. The Bertz CT molecular complexity index is 531. The van der Waals surface area contributed by atoms with Crippen LogP contribution >= 0.6 is 11.6 Å². The first-order chi connectivity index (χ1) is 7.74. The maximum absolute atomic E-state index is 6.01. The van der Waals surface area contributed by atoms with Crippen molar-refractivity contribution in [3.63, 3.8) is 0 Å². The maximum Gasteiger partial charge on any atom is 0.133 e. The summed E-state index contributed by atoms with van der Waals surface area (Å²) in [5.74, 6) is 1.37. The van der Waals surface area contributed by atoms with Crippen LogP contribution in [0.25, 0.3) is 11.4 Å². The van der Waals surface area contributed by atoms with E-state index in [1.807, 2.05) is 13.1 Å². The molecule has 5 heteroatoms. The Hall–Kier alpha value is -1.42. The van der Waals surface area contributed by atoms with Crippen molar-refractivity contribution in [2.45, 2.75) is 18.8 Å². The Balaban J connectivity index is 2.10. The molecule has 0 bridgehead atoms. The molecular weight excluding hydrogens is 224 g/mol. The lowest BCUT2D eigenvalue weighted by Crippen LogP contribution is -1.99. The summed E-state index contributed by atoms with van der Waals surface area (Å²) in [4.78, 5) is 8.80. The molecule has 1 saturated carbocycles. The van der Waals surface area contributed by atoms with Gasteiger partial charge in [-0.25, -0.2) is 9.97 Å². The molecule has 0 radical (unpaired) electrons. The van der Waals surface area contributed by atoms with Crippen molar-refractivity contribution in [2.24, 2.45) is 7.05 Å². The van der Waals surface area contributed by atoms with E-state index < -0.39 is 0 Å². The van der Waals surface area contributed by atoms with Gasteiger partial charge in [0.2, 0.25) is 0 Å². The fourth-order valence-corrected chi connectivity index (χ4v) is 1.91. The summed E-state index contributed by atoms with van der Waals surface area (Å²) >= 11 is 6.01. The molecule has 2 aromatic heterocycles. The van der Waals surface area contributed by atoms with Crippen LogP contribution in [0.5, 0.6) is 0 Å². The summed E-state index contributed by atoms with van der Waals surface area (Å²) in [6, 6.07) is 3.71. The molecule has 1 aliphatic carbocycles. The standard InChI is InChI=1S/C11H11ClN4/c1-16-9(4-5-13-16)8-6-10(12)15-11(14-8)7-2-3-7/h4-7H,2-3H2,1H3. The highest BCUT2D eigenvalue weighted by atomic mass is 35.5. The Morgan fingerprint density at radius 2 is 2.19 bits per heavy atom. The molecule has 1 fully saturated rings. The lowest BCUT2D eigenvalue weighted by Gasteiger charge is -2.04. The monoisotopic (exact) mass is 234 g/mol. The number of aromatic nitrogens is 4. The van der Waals surface area contributed by atoms with Crippen LogP contribution < -0.4 is 0 Å². The third kappa shape index (κ3) is 1.69. The summed E-state index contributed by atoms with van der Waals surface area (Å²) in [6.07, 6.45) is 4.10. The second-order valence-electron chi connectivity index (χ2n) is 4.05. The lowest BCUT2D eigenvalue weighted by atomic mass is 10.3. The fourth-order valence-electron chi connectivity index (χ4n) is 1.72. The van der Waals surface area contributed by atoms with Gasteiger partial charge in [-0.2, -0.15) is 5.10 Å². The summed E-state index contributed by atoms with van der Waals surface area (Å²) < 4.78 is 1.79. The van der Waals surface area contributed by atoms with Crippen molar-refractivity contribution in [3.05, 3.63) is 29.3 Å². The molecule has 2 heterocycles. The molecular formula is C11H11ClN4. The first-order valence-corrected chi connectivity index (χ1v) is 5.64. The van der Waals surface area contributed by atoms with E-state index in [9.17, 15) is 0 Å². The lowest BCUT2D eigenvalue weighted by molar-refractivity contribution is 0.771. The molecule has 4 nitrogen and oxygen atoms in total. The first kappa shape index (κ1) is 9.78. The van der Waals surface area contributed by atoms with Crippen molar-refractivity contribution in [2.75, 3.05) is 0 Å². The van der Waals surface area contributed by atoms with E-state index >= 15 is 0 Å². The molecule has 82 valence electrons. The van der Waals surface area contributed by atoms with Gasteiger partial charge in [-0.3, -0.25) is 4.68 Å². The summed E-state index contributed by atoms with van der Waals surface area (Å²) in [5.41, 5.74) is 1.81. The molecule has 0 unspecified atom stereocenters. The minimum atomic E-state index is 0.505. The molecule has 0 N–H and O–H groups in total. The van der Waals surface area contributed by atoms with Crippen LogP contribution in [0.3, 0.4) is 0 Å². The highest BCUT2D eigenvalue weighted by Gasteiger charge is 2.27. The van der Waals surface area contributed by atoms with Gasteiger partial charge in [0.05, 0.1) is 11.4 Å². The topological polar surface area (TPSA) is 43.6 Å². The molecule has 3 rings (SSSR count). The Labute approximate surface area is 98.3 Å². The second-order valence-corrected chi connectivity index (χ2v) is 4.44. The number of aryl methyl sites for hydroxylation is 1. The maximum atomic E-state index is 6.01. The summed E-state index contributed by atoms with van der Waals surface area (Å²) in [6.45, 7) is 0. The van der Waals surface area contributed by atoms with Gasteiger partial charge in [-0.15, -0.1) is 0 Å². The molecule has 0 aromatic carbocycles. The highest BCUT2D eigenvalue weighted by Crippen LogP contribution is 2.39. The molecule has 1 aliphatic rings. The van der Waals surface area contributed by atoms with Crippen LogP contribution in [-0.2, 0) is 7.05 Å². The van der Waals surface area contributed by atoms with E-state index in [1.165, 1.54) is 12.8 Å². The number of halogens is 1. The van der Waals surface area contributed by atoms with Crippen LogP contribution in [0, 0.1) is 0 Å². The van der Waals surface area contributed by atoms with Crippen LogP contribution in [0.4, 0.5) is 0 Å². The highest BCUT2D eigenvalue weighted by molar-refractivity contribution is 6.29. The van der Waals surface area contributed by atoms with E-state index in [0.717, 1.165) is 17.2 Å². The molecule has 0 atom stereocenters. The van der Waals surface area contributed by atoms with Gasteiger partial charge < -0.3 is 0 Å². The van der Waals surface area contributed by atoms with Crippen molar-refractivity contribution in [1.29, 1.82) is 0 Å². The number of hydrogen-bond donors (Lipinski definition) is 0. The second kappa shape index (κ2) is 3.56. The average Bonchev–Trinajstić information content (AvgIpc) is 3.01. The molecule has 0 saturated heterocycles. The van der Waals surface area contributed by atoms with Gasteiger partial charge in [-0.05, 0) is 18.9 Å². The predicted molar refractivity (Wildman–Crippen MR) is 61.2 cm³/mol. The van der Waals surface area contributed by atoms with Crippen LogP contribution in [0.15, 0.2) is 18.3 Å². The Kier molecular flexibility index (Phi) is 2.17. The van der Waals surface area contributed by atoms with Crippen LogP contribution in [-0.4, -0.2) is 19.7 Å². The minimum Gasteiger partial charge on any atom is -0.266 e. The summed E-state index contributed by atoms with van der Waals surface area (Å²) in [5, 5.41) is 4.63. The fraction of sp³-hybridized carbons (Fsp3) is 0.364.